The standard InChI is InChI=1S/C21H17Cl2N5O3S/c22-12-8-13(23)10-14(9-12)24-16(29)11-28-19-18(26-21(32-19)27-5-1-2-6-27)17(25-20(28)30)15-4-3-7-31-15/h3-4,7-10H,1-2,5-6,11H2,(H,24,29). The normalized spacial score (nSPS) is 13.8. The number of fused-ring (bicyclic) bond motifs is 1. The van der Waals surface area contributed by atoms with Gasteiger partial charge in [-0.3, -0.25) is 9.36 Å². The molecule has 3 aromatic heterocycles. The van der Waals surface area contributed by atoms with Gasteiger partial charge in [-0.15, -0.1) is 0 Å². The van der Waals surface area contributed by atoms with Crippen molar-refractivity contribution in [2.45, 2.75) is 19.4 Å². The predicted octanol–water partition coefficient (Wildman–Crippen LogP) is 4.66. The topological polar surface area (TPSA) is 93.3 Å². The summed E-state index contributed by atoms with van der Waals surface area (Å²) < 4.78 is 6.81. The molecule has 1 saturated heterocycles. The van der Waals surface area contributed by atoms with Crippen molar-refractivity contribution in [3.63, 3.8) is 0 Å². The summed E-state index contributed by atoms with van der Waals surface area (Å²) in [6.07, 6.45) is 3.71. The molecule has 0 bridgehead atoms. The van der Waals surface area contributed by atoms with Crippen LogP contribution in [0.1, 0.15) is 12.8 Å². The summed E-state index contributed by atoms with van der Waals surface area (Å²) in [6, 6.07) is 8.20. The average molecular weight is 490 g/mol. The second-order valence-electron chi connectivity index (χ2n) is 7.36. The summed E-state index contributed by atoms with van der Waals surface area (Å²) in [5, 5.41) is 4.32. The second-order valence-corrected chi connectivity index (χ2v) is 9.19. The van der Waals surface area contributed by atoms with Gasteiger partial charge in [0.05, 0.1) is 6.26 Å². The molecule has 0 atom stereocenters. The number of furan rings is 1. The molecule has 1 aliphatic rings. The van der Waals surface area contributed by atoms with Gasteiger partial charge in [-0.05, 0) is 43.2 Å². The number of hydrogen-bond acceptors (Lipinski definition) is 7. The molecular formula is C21H17Cl2N5O3S. The molecule has 0 spiro atoms. The Bertz CT molecular complexity index is 1340. The lowest BCUT2D eigenvalue weighted by atomic mass is 10.3. The van der Waals surface area contributed by atoms with Gasteiger partial charge in [0.1, 0.15) is 22.6 Å². The van der Waals surface area contributed by atoms with E-state index in [1.165, 1.54) is 22.2 Å². The Morgan fingerprint density at radius 1 is 1.16 bits per heavy atom. The third kappa shape index (κ3) is 4.11. The van der Waals surface area contributed by atoms with Crippen LogP contribution in [-0.2, 0) is 11.3 Å². The maximum Gasteiger partial charge on any atom is 0.349 e. The van der Waals surface area contributed by atoms with E-state index >= 15 is 0 Å². The van der Waals surface area contributed by atoms with Gasteiger partial charge in [0.2, 0.25) is 5.91 Å². The van der Waals surface area contributed by atoms with Crippen molar-refractivity contribution >= 4 is 61.6 Å². The van der Waals surface area contributed by atoms with Gasteiger partial charge >= 0.3 is 5.69 Å². The van der Waals surface area contributed by atoms with Crippen molar-refractivity contribution in [3.05, 3.63) is 57.1 Å². The van der Waals surface area contributed by atoms with Crippen LogP contribution >= 0.6 is 34.5 Å². The zero-order chi connectivity index (χ0) is 22.2. The van der Waals surface area contributed by atoms with Gasteiger partial charge in [0, 0.05) is 28.8 Å². The summed E-state index contributed by atoms with van der Waals surface area (Å²) in [4.78, 5) is 37.4. The minimum atomic E-state index is -0.556. The number of carbonyl (C=O) groups excluding carboxylic acids is 1. The molecule has 4 heterocycles. The molecule has 8 nitrogen and oxygen atoms in total. The SMILES string of the molecule is O=C(Cn1c(=O)nc(-c2ccco2)c2nc(N3CCCC3)sc21)Nc1cc(Cl)cc(Cl)c1. The number of amides is 1. The molecule has 0 aliphatic carbocycles. The van der Waals surface area contributed by atoms with Crippen molar-refractivity contribution in [1.29, 1.82) is 0 Å². The number of hydrogen-bond donors (Lipinski definition) is 1. The van der Waals surface area contributed by atoms with E-state index in [1.807, 2.05) is 0 Å². The smallest absolute Gasteiger partial charge is 0.349 e. The van der Waals surface area contributed by atoms with Crippen LogP contribution in [0.5, 0.6) is 0 Å². The Morgan fingerprint density at radius 3 is 2.59 bits per heavy atom. The first-order chi connectivity index (χ1) is 15.5. The van der Waals surface area contributed by atoms with Crippen molar-refractivity contribution in [2.75, 3.05) is 23.3 Å². The lowest BCUT2D eigenvalue weighted by molar-refractivity contribution is -0.116. The summed E-state index contributed by atoms with van der Waals surface area (Å²) in [6.45, 7) is 1.58. The Kier molecular flexibility index (Phi) is 5.62. The molecule has 0 radical (unpaired) electrons. The fourth-order valence-electron chi connectivity index (χ4n) is 3.67. The molecule has 0 saturated carbocycles. The Balaban J connectivity index is 1.54. The number of nitrogens with zero attached hydrogens (tertiary/aromatic N) is 4. The van der Waals surface area contributed by atoms with E-state index in [0.29, 0.717) is 37.5 Å². The van der Waals surface area contributed by atoms with Gasteiger partial charge < -0.3 is 14.6 Å². The van der Waals surface area contributed by atoms with Crippen LogP contribution in [0.3, 0.4) is 0 Å². The third-order valence-electron chi connectivity index (χ3n) is 5.08. The highest BCUT2D eigenvalue weighted by atomic mass is 35.5. The maximum atomic E-state index is 12.9. The van der Waals surface area contributed by atoms with Gasteiger partial charge in [-0.25, -0.2) is 9.78 Å². The van der Waals surface area contributed by atoms with Crippen LogP contribution in [-0.4, -0.2) is 33.5 Å². The fraction of sp³-hybridized carbons (Fsp3) is 0.238. The first kappa shape index (κ1) is 21.0. The van der Waals surface area contributed by atoms with E-state index in [-0.39, 0.29) is 6.54 Å². The fourth-order valence-corrected chi connectivity index (χ4v) is 5.31. The molecule has 5 rings (SSSR count). The summed E-state index contributed by atoms with van der Waals surface area (Å²) in [7, 11) is 0. The average Bonchev–Trinajstić information content (AvgIpc) is 3.50. The van der Waals surface area contributed by atoms with Crippen molar-refractivity contribution in [3.8, 4) is 11.5 Å². The predicted molar refractivity (Wildman–Crippen MR) is 126 cm³/mol. The highest BCUT2D eigenvalue weighted by Gasteiger charge is 2.23. The number of aromatic nitrogens is 3. The molecule has 11 heteroatoms. The van der Waals surface area contributed by atoms with Crippen molar-refractivity contribution < 1.29 is 9.21 Å². The largest absolute Gasteiger partial charge is 0.463 e. The minimum Gasteiger partial charge on any atom is -0.463 e. The molecular weight excluding hydrogens is 473 g/mol. The zero-order valence-electron chi connectivity index (χ0n) is 16.7. The third-order valence-corrected chi connectivity index (χ3v) is 6.66. The number of nitrogens with one attached hydrogen (secondary N) is 1. The number of benzene rings is 1. The van der Waals surface area contributed by atoms with E-state index < -0.39 is 11.6 Å². The molecule has 1 aromatic carbocycles. The van der Waals surface area contributed by atoms with E-state index in [9.17, 15) is 9.59 Å². The number of thiazole rings is 1. The molecule has 164 valence electrons. The molecule has 1 amide bonds. The Morgan fingerprint density at radius 2 is 1.91 bits per heavy atom. The Labute approximate surface area is 196 Å². The molecule has 1 fully saturated rings. The van der Waals surface area contributed by atoms with E-state index in [4.69, 9.17) is 32.6 Å². The van der Waals surface area contributed by atoms with Crippen LogP contribution in [0.4, 0.5) is 10.8 Å². The molecule has 4 aromatic rings. The zero-order valence-corrected chi connectivity index (χ0v) is 19.0. The highest BCUT2D eigenvalue weighted by molar-refractivity contribution is 7.22. The van der Waals surface area contributed by atoms with Gasteiger partial charge in [0.25, 0.3) is 0 Å². The summed E-state index contributed by atoms with van der Waals surface area (Å²) in [5.74, 6) is 0.0472. The lowest BCUT2D eigenvalue weighted by Crippen LogP contribution is -2.29. The number of halogens is 2. The van der Waals surface area contributed by atoms with Crippen LogP contribution in [0.2, 0.25) is 10.0 Å². The van der Waals surface area contributed by atoms with Gasteiger partial charge in [-0.1, -0.05) is 34.5 Å². The van der Waals surface area contributed by atoms with Crippen LogP contribution < -0.4 is 15.9 Å². The maximum absolute atomic E-state index is 12.9. The molecule has 0 unspecified atom stereocenters. The van der Waals surface area contributed by atoms with Crippen LogP contribution in [0.25, 0.3) is 21.8 Å². The molecule has 1 aliphatic heterocycles. The number of carbonyl (C=O) groups is 1. The van der Waals surface area contributed by atoms with E-state index in [1.54, 1.807) is 30.3 Å². The van der Waals surface area contributed by atoms with Gasteiger partial charge in [0.15, 0.2) is 10.9 Å². The van der Waals surface area contributed by atoms with Crippen molar-refractivity contribution in [2.24, 2.45) is 0 Å². The first-order valence-electron chi connectivity index (χ1n) is 9.94. The van der Waals surface area contributed by atoms with Crippen molar-refractivity contribution in [1.82, 2.24) is 14.5 Å². The molecule has 1 N–H and O–H groups in total. The van der Waals surface area contributed by atoms with Crippen LogP contribution in [0.15, 0.2) is 45.8 Å². The summed E-state index contributed by atoms with van der Waals surface area (Å²) in [5.41, 5.74) is 0.791. The Hall–Kier alpha value is -2.88. The van der Waals surface area contributed by atoms with Crippen LogP contribution in [0, 0.1) is 0 Å². The van der Waals surface area contributed by atoms with E-state index in [2.05, 4.69) is 15.2 Å². The number of anilines is 2. The van der Waals surface area contributed by atoms with E-state index in [0.717, 1.165) is 31.1 Å². The minimum absolute atomic E-state index is 0.230. The molecule has 32 heavy (non-hydrogen) atoms. The number of rotatable bonds is 5. The second kappa shape index (κ2) is 8.57. The summed E-state index contributed by atoms with van der Waals surface area (Å²) >= 11 is 13.4. The quantitative estimate of drug-likeness (QED) is 0.438. The lowest BCUT2D eigenvalue weighted by Gasteiger charge is -2.11. The monoisotopic (exact) mass is 489 g/mol. The first-order valence-corrected chi connectivity index (χ1v) is 11.5. The van der Waals surface area contributed by atoms with Gasteiger partial charge in [-0.2, -0.15) is 4.98 Å². The highest BCUT2D eigenvalue weighted by Crippen LogP contribution is 2.34.